The van der Waals surface area contributed by atoms with Crippen LogP contribution in [0.15, 0.2) is 12.1 Å². The molecule has 1 aromatic carbocycles. The van der Waals surface area contributed by atoms with Gasteiger partial charge in [0.2, 0.25) is 0 Å². The van der Waals surface area contributed by atoms with Crippen molar-refractivity contribution in [2.45, 2.75) is 63.3 Å². The minimum Gasteiger partial charge on any atom is -0.481 e. The minimum atomic E-state index is -1.23. The Kier molecular flexibility index (Phi) is 7.63. The lowest BCUT2D eigenvalue weighted by molar-refractivity contribution is -0.145. The molecule has 10 heteroatoms. The predicted molar refractivity (Wildman–Crippen MR) is 119 cm³/mol. The van der Waals surface area contributed by atoms with Gasteiger partial charge < -0.3 is 30.1 Å². The van der Waals surface area contributed by atoms with Crippen LogP contribution in [0.25, 0.3) is 0 Å². The number of carboxylic acids is 1. The van der Waals surface area contributed by atoms with Crippen LogP contribution in [0.2, 0.25) is 5.02 Å². The summed E-state index contributed by atoms with van der Waals surface area (Å²) in [7, 11) is 3.86. The second-order valence-electron chi connectivity index (χ2n) is 8.60. The van der Waals surface area contributed by atoms with E-state index in [1.807, 2.05) is 0 Å². The molecular formula is C22H30ClN3O6. The van der Waals surface area contributed by atoms with Gasteiger partial charge in [0.25, 0.3) is 11.8 Å². The third kappa shape index (κ3) is 5.33. The van der Waals surface area contributed by atoms with Gasteiger partial charge in [-0.05, 0) is 51.8 Å². The smallest absolute Gasteiger partial charge is 0.332 e. The number of aliphatic hydroxyl groups excluding tert-OH is 1. The van der Waals surface area contributed by atoms with Crippen molar-refractivity contribution in [3.05, 3.63) is 22.7 Å². The first-order chi connectivity index (χ1) is 15.1. The SMILES string of the molecule is CC(O)C(=O)O.CN1C(=O)COc2c(C(=O)NC3CC4CCCC(C3)N4C)cc(Cl)cc21. The summed E-state index contributed by atoms with van der Waals surface area (Å²) in [5, 5.41) is 19.4. The fourth-order valence-electron chi connectivity index (χ4n) is 4.51. The molecule has 9 nitrogen and oxygen atoms in total. The monoisotopic (exact) mass is 467 g/mol. The first-order valence-electron chi connectivity index (χ1n) is 10.7. The lowest BCUT2D eigenvalue weighted by atomic mass is 9.82. The number of carbonyl (C=O) groups excluding carboxylic acids is 2. The number of piperidine rings is 2. The predicted octanol–water partition coefficient (Wildman–Crippen LogP) is 1.89. The van der Waals surface area contributed by atoms with Crippen molar-refractivity contribution >= 4 is 35.1 Å². The molecular weight excluding hydrogens is 438 g/mol. The van der Waals surface area contributed by atoms with E-state index in [1.165, 1.54) is 31.1 Å². The number of aliphatic hydroxyl groups is 1. The maximum absolute atomic E-state index is 13.0. The number of halogens is 1. The lowest BCUT2D eigenvalue weighted by Crippen LogP contribution is -2.55. The summed E-state index contributed by atoms with van der Waals surface area (Å²) in [4.78, 5) is 38.2. The zero-order valence-electron chi connectivity index (χ0n) is 18.5. The molecule has 1 aromatic rings. The topological polar surface area (TPSA) is 119 Å². The molecule has 3 atom stereocenters. The van der Waals surface area contributed by atoms with E-state index in [9.17, 15) is 14.4 Å². The number of hydrogen-bond acceptors (Lipinski definition) is 6. The van der Waals surface area contributed by atoms with Crippen molar-refractivity contribution in [2.75, 3.05) is 25.6 Å². The number of nitrogens with one attached hydrogen (secondary N) is 1. The van der Waals surface area contributed by atoms with Crippen molar-refractivity contribution in [1.82, 2.24) is 10.2 Å². The molecule has 176 valence electrons. The molecule has 3 N–H and O–H groups in total. The molecule has 3 unspecified atom stereocenters. The third-order valence-electron chi connectivity index (χ3n) is 6.39. The molecule has 2 saturated heterocycles. The molecule has 0 spiro atoms. The normalized spacial score (nSPS) is 25.6. The molecule has 0 radical (unpaired) electrons. The highest BCUT2D eigenvalue weighted by Crippen LogP contribution is 2.38. The Morgan fingerprint density at radius 2 is 1.81 bits per heavy atom. The Morgan fingerprint density at radius 1 is 1.22 bits per heavy atom. The zero-order chi connectivity index (χ0) is 23.6. The largest absolute Gasteiger partial charge is 0.481 e. The number of anilines is 1. The van der Waals surface area contributed by atoms with Crippen LogP contribution >= 0.6 is 11.6 Å². The molecule has 3 aliphatic heterocycles. The van der Waals surface area contributed by atoms with E-state index in [1.54, 1.807) is 19.2 Å². The van der Waals surface area contributed by atoms with E-state index in [0.717, 1.165) is 12.8 Å². The Balaban J connectivity index is 0.000000427. The van der Waals surface area contributed by atoms with Gasteiger partial charge >= 0.3 is 5.97 Å². The summed E-state index contributed by atoms with van der Waals surface area (Å²) in [6.45, 7) is 1.13. The lowest BCUT2D eigenvalue weighted by Gasteiger charge is -2.47. The number of carboxylic acid groups (broad SMARTS) is 1. The van der Waals surface area contributed by atoms with Crippen LogP contribution in [0.5, 0.6) is 5.75 Å². The second-order valence-corrected chi connectivity index (χ2v) is 9.04. The van der Waals surface area contributed by atoms with Gasteiger partial charge in [0, 0.05) is 30.2 Å². The second kappa shape index (κ2) is 10.1. The van der Waals surface area contributed by atoms with E-state index in [2.05, 4.69) is 17.3 Å². The van der Waals surface area contributed by atoms with Gasteiger partial charge in [0.05, 0.1) is 11.3 Å². The number of ether oxygens (including phenoxy) is 1. The fraction of sp³-hybridized carbons (Fsp3) is 0.591. The van der Waals surface area contributed by atoms with Crippen LogP contribution in [-0.2, 0) is 9.59 Å². The summed E-state index contributed by atoms with van der Waals surface area (Å²) in [6, 6.07) is 4.52. The molecule has 32 heavy (non-hydrogen) atoms. The van der Waals surface area contributed by atoms with E-state index < -0.39 is 12.1 Å². The maximum atomic E-state index is 13.0. The van der Waals surface area contributed by atoms with Crippen molar-refractivity contribution < 1.29 is 29.3 Å². The van der Waals surface area contributed by atoms with Crippen LogP contribution < -0.4 is 15.0 Å². The average molecular weight is 468 g/mol. The molecule has 0 saturated carbocycles. The summed E-state index contributed by atoms with van der Waals surface area (Å²) in [6.07, 6.45) is 4.38. The molecule has 0 aromatic heterocycles. The van der Waals surface area contributed by atoms with Crippen molar-refractivity contribution in [3.63, 3.8) is 0 Å². The third-order valence-corrected chi connectivity index (χ3v) is 6.60. The van der Waals surface area contributed by atoms with Crippen molar-refractivity contribution in [2.24, 2.45) is 0 Å². The van der Waals surface area contributed by atoms with Crippen molar-refractivity contribution in [3.8, 4) is 5.75 Å². The fourth-order valence-corrected chi connectivity index (χ4v) is 4.72. The highest BCUT2D eigenvalue weighted by atomic mass is 35.5. The number of carbonyl (C=O) groups is 3. The first kappa shape index (κ1) is 24.3. The van der Waals surface area contributed by atoms with E-state index in [4.69, 9.17) is 26.6 Å². The van der Waals surface area contributed by atoms with Gasteiger partial charge in [0.1, 0.15) is 6.10 Å². The van der Waals surface area contributed by atoms with Crippen LogP contribution in [0.4, 0.5) is 5.69 Å². The summed E-state index contributed by atoms with van der Waals surface area (Å²) in [5.41, 5.74) is 0.940. The number of nitrogens with zero attached hydrogens (tertiary/aromatic N) is 2. The number of fused-ring (bicyclic) bond motifs is 3. The highest BCUT2D eigenvalue weighted by molar-refractivity contribution is 6.31. The van der Waals surface area contributed by atoms with E-state index >= 15 is 0 Å². The van der Waals surface area contributed by atoms with E-state index in [0.29, 0.717) is 34.1 Å². The summed E-state index contributed by atoms with van der Waals surface area (Å²) in [5.74, 6) is -1.09. The average Bonchev–Trinajstić information content (AvgIpc) is 2.71. The minimum absolute atomic E-state index is 0.0657. The Morgan fingerprint density at radius 3 is 2.38 bits per heavy atom. The maximum Gasteiger partial charge on any atom is 0.332 e. The highest BCUT2D eigenvalue weighted by Gasteiger charge is 2.37. The molecule has 0 aliphatic carbocycles. The van der Waals surface area contributed by atoms with Crippen LogP contribution in [0.3, 0.4) is 0 Å². The Hall–Kier alpha value is -2.36. The first-order valence-corrected chi connectivity index (χ1v) is 11.1. The van der Waals surface area contributed by atoms with Crippen LogP contribution in [-0.4, -0.2) is 77.8 Å². The van der Waals surface area contributed by atoms with Crippen LogP contribution in [0, 0.1) is 0 Å². The molecule has 3 heterocycles. The van der Waals surface area contributed by atoms with Gasteiger partial charge in [-0.25, -0.2) is 4.79 Å². The molecule has 2 fully saturated rings. The van der Waals surface area contributed by atoms with Gasteiger partial charge in [-0.1, -0.05) is 18.0 Å². The number of aliphatic carboxylic acids is 1. The molecule has 3 aliphatic rings. The Bertz CT molecular complexity index is 879. The number of rotatable bonds is 3. The van der Waals surface area contributed by atoms with Gasteiger partial charge in [-0.3, -0.25) is 9.59 Å². The molecule has 4 rings (SSSR count). The quantitative estimate of drug-likeness (QED) is 0.621. The van der Waals surface area contributed by atoms with Gasteiger partial charge in [-0.15, -0.1) is 0 Å². The number of hydrogen-bond donors (Lipinski definition) is 3. The summed E-state index contributed by atoms with van der Waals surface area (Å²) < 4.78 is 5.58. The number of benzene rings is 1. The van der Waals surface area contributed by atoms with Gasteiger partial charge in [0.15, 0.2) is 12.4 Å². The van der Waals surface area contributed by atoms with Crippen molar-refractivity contribution in [1.29, 1.82) is 0 Å². The van der Waals surface area contributed by atoms with Gasteiger partial charge in [-0.2, -0.15) is 0 Å². The van der Waals surface area contributed by atoms with Crippen LogP contribution in [0.1, 0.15) is 49.4 Å². The standard InChI is InChI=1S/C19H24ClN3O3.C3H6O3/c1-22-13-4-3-5-14(22)9-12(8-13)21-19(25)15-6-11(20)7-16-18(15)26-10-17(24)23(16)2;1-2(4)3(5)6/h6-7,12-14H,3-5,8-10H2,1-2H3,(H,21,25);2,4H,1H3,(H,5,6). The van der Waals surface area contributed by atoms with E-state index in [-0.39, 0.29) is 24.5 Å². The molecule has 2 amide bonds. The molecule has 2 bridgehead atoms. The Labute approximate surface area is 192 Å². The summed E-state index contributed by atoms with van der Waals surface area (Å²) >= 11 is 6.20. The zero-order valence-corrected chi connectivity index (χ0v) is 19.3. The number of amides is 2. The number of likely N-dealkylation sites (N-methyl/N-ethyl adjacent to an activating group) is 1.